The topological polar surface area (TPSA) is 30.7 Å². The van der Waals surface area contributed by atoms with E-state index < -0.39 is 0 Å². The van der Waals surface area contributed by atoms with Gasteiger partial charge in [-0.05, 0) is 23.8 Å². The predicted octanol–water partition coefficient (Wildman–Crippen LogP) is 5.36. The molecule has 2 aromatic rings. The first-order chi connectivity index (χ1) is 11.3. The van der Waals surface area contributed by atoms with Crippen LogP contribution in [0.3, 0.4) is 0 Å². The van der Waals surface area contributed by atoms with Gasteiger partial charge in [0.15, 0.2) is 5.16 Å². The maximum absolute atomic E-state index is 4.64. The summed E-state index contributed by atoms with van der Waals surface area (Å²) in [5.41, 5.74) is 2.38. The molecule has 0 aliphatic rings. The summed E-state index contributed by atoms with van der Waals surface area (Å²) in [6, 6.07) is 8.44. The molecule has 1 heterocycles. The summed E-state index contributed by atoms with van der Waals surface area (Å²) in [6.07, 6.45) is 9.03. The van der Waals surface area contributed by atoms with E-state index >= 15 is 0 Å². The number of nitrogens with zero attached hydrogens (tertiary/aromatic N) is 3. The number of hydrogen-bond donors (Lipinski definition) is 0. The van der Waals surface area contributed by atoms with Crippen LogP contribution in [-0.4, -0.2) is 26.8 Å². The Hall–Kier alpha value is -1.20. The second kappa shape index (κ2) is 9.83. The van der Waals surface area contributed by atoms with Gasteiger partial charge in [-0.15, -0.1) is 5.10 Å². The van der Waals surface area contributed by atoms with Crippen LogP contribution in [0.2, 0.25) is 0 Å². The molecule has 23 heavy (non-hydrogen) atoms. The molecule has 0 bridgehead atoms. The Labute approximate surface area is 148 Å². The van der Waals surface area contributed by atoms with E-state index in [1.54, 1.807) is 11.8 Å². The zero-order valence-electron chi connectivity index (χ0n) is 14.0. The van der Waals surface area contributed by atoms with E-state index in [-0.39, 0.29) is 0 Å². The van der Waals surface area contributed by atoms with Gasteiger partial charge in [0.25, 0.3) is 0 Å². The monoisotopic (exact) mass is 347 g/mol. The molecule has 5 heteroatoms. The predicted molar refractivity (Wildman–Crippen MR) is 102 cm³/mol. The molecule has 0 amide bonds. The smallest absolute Gasteiger partial charge is 0.209 e. The molecule has 0 fully saturated rings. The third-order valence-electron chi connectivity index (χ3n) is 3.58. The van der Waals surface area contributed by atoms with Crippen LogP contribution in [0.15, 0.2) is 41.2 Å². The normalized spacial score (nSPS) is 10.9. The fraction of sp³-hybridized carbons (Fsp3) is 0.444. The summed E-state index contributed by atoms with van der Waals surface area (Å²) < 4.78 is 2.03. The zero-order chi connectivity index (χ0) is 16.5. The van der Waals surface area contributed by atoms with E-state index in [0.29, 0.717) is 0 Å². The third kappa shape index (κ3) is 5.74. The first-order valence-electron chi connectivity index (χ1n) is 8.09. The Morgan fingerprint density at radius 1 is 1.17 bits per heavy atom. The van der Waals surface area contributed by atoms with Gasteiger partial charge in [0.1, 0.15) is 0 Å². The summed E-state index contributed by atoms with van der Waals surface area (Å²) in [7, 11) is 0. The Morgan fingerprint density at radius 3 is 2.61 bits per heavy atom. The molecule has 0 aliphatic carbocycles. The molecule has 0 radical (unpaired) electrons. The molecule has 0 aliphatic heterocycles. The van der Waals surface area contributed by atoms with Crippen molar-refractivity contribution < 1.29 is 0 Å². The molecule has 0 N–H and O–H groups in total. The van der Waals surface area contributed by atoms with E-state index in [0.717, 1.165) is 28.2 Å². The second-order valence-corrected chi connectivity index (χ2v) is 7.23. The number of thioether (sulfide) groups is 2. The van der Waals surface area contributed by atoms with Crippen LogP contribution in [0.1, 0.15) is 43.7 Å². The second-order valence-electron chi connectivity index (χ2n) is 5.39. The number of unbranched alkanes of at least 4 members (excludes halogenated alkanes) is 3. The summed E-state index contributed by atoms with van der Waals surface area (Å²) >= 11 is 3.42. The van der Waals surface area contributed by atoms with Crippen molar-refractivity contribution in [3.05, 3.63) is 42.0 Å². The van der Waals surface area contributed by atoms with Crippen molar-refractivity contribution in [3.8, 4) is 0 Å². The molecule has 0 unspecified atom stereocenters. The van der Waals surface area contributed by atoms with Gasteiger partial charge in [-0.3, -0.25) is 0 Å². The lowest BCUT2D eigenvalue weighted by atomic mass is 10.1. The van der Waals surface area contributed by atoms with Gasteiger partial charge in [0.2, 0.25) is 5.16 Å². The van der Waals surface area contributed by atoms with Crippen molar-refractivity contribution in [2.45, 2.75) is 49.5 Å². The standard InChI is InChI=1S/C18H25N3S2/c1-4-6-7-8-13-23-18-19-17(22-3)20-21(18)14-16-11-9-15(5-2)10-12-16/h5,9-12H,2,4,6-8,13-14H2,1,3H3. The SMILES string of the molecule is C=Cc1ccc(Cn2nc(SC)nc2SCCCCCC)cc1. The van der Waals surface area contributed by atoms with Crippen molar-refractivity contribution in [1.82, 2.24) is 14.8 Å². The van der Waals surface area contributed by atoms with Crippen LogP contribution < -0.4 is 0 Å². The molecule has 0 atom stereocenters. The Kier molecular flexibility index (Phi) is 7.76. The van der Waals surface area contributed by atoms with Crippen LogP contribution in [-0.2, 0) is 6.54 Å². The minimum atomic E-state index is 0.766. The van der Waals surface area contributed by atoms with Crippen LogP contribution in [0.5, 0.6) is 0 Å². The van der Waals surface area contributed by atoms with Crippen LogP contribution in [0, 0.1) is 0 Å². The fourth-order valence-electron chi connectivity index (χ4n) is 2.23. The van der Waals surface area contributed by atoms with Crippen molar-refractivity contribution in [3.63, 3.8) is 0 Å². The number of hydrogen-bond acceptors (Lipinski definition) is 4. The molecule has 1 aromatic heterocycles. The minimum Gasteiger partial charge on any atom is -0.235 e. The highest BCUT2D eigenvalue weighted by molar-refractivity contribution is 7.99. The van der Waals surface area contributed by atoms with Crippen molar-refractivity contribution >= 4 is 29.6 Å². The van der Waals surface area contributed by atoms with E-state index in [9.17, 15) is 0 Å². The largest absolute Gasteiger partial charge is 0.235 e. The van der Waals surface area contributed by atoms with Gasteiger partial charge in [0.05, 0.1) is 6.54 Å². The average Bonchev–Trinajstić information content (AvgIpc) is 2.97. The summed E-state index contributed by atoms with van der Waals surface area (Å²) in [4.78, 5) is 4.64. The summed E-state index contributed by atoms with van der Waals surface area (Å²) in [5, 5.41) is 6.49. The molecule has 0 saturated carbocycles. The van der Waals surface area contributed by atoms with Crippen LogP contribution in [0.4, 0.5) is 0 Å². The van der Waals surface area contributed by atoms with E-state index in [1.807, 2.05) is 28.8 Å². The van der Waals surface area contributed by atoms with E-state index in [1.165, 1.54) is 31.2 Å². The van der Waals surface area contributed by atoms with Gasteiger partial charge in [0, 0.05) is 5.75 Å². The Balaban J connectivity index is 2.01. The Morgan fingerprint density at radius 2 is 1.96 bits per heavy atom. The van der Waals surface area contributed by atoms with E-state index in [4.69, 9.17) is 0 Å². The molecular weight excluding hydrogens is 322 g/mol. The maximum Gasteiger partial charge on any atom is 0.209 e. The van der Waals surface area contributed by atoms with Gasteiger partial charge in [-0.25, -0.2) is 4.68 Å². The first kappa shape index (κ1) is 18.1. The molecule has 1 aromatic carbocycles. The molecule has 0 spiro atoms. The van der Waals surface area contributed by atoms with Crippen LogP contribution in [0.25, 0.3) is 6.08 Å². The first-order valence-corrected chi connectivity index (χ1v) is 10.3. The van der Waals surface area contributed by atoms with Gasteiger partial charge in [-0.2, -0.15) is 4.98 Å². The Bertz CT molecular complexity index is 605. The van der Waals surface area contributed by atoms with E-state index in [2.05, 4.69) is 47.9 Å². The maximum atomic E-state index is 4.64. The lowest BCUT2D eigenvalue weighted by Gasteiger charge is -2.06. The number of benzene rings is 1. The lowest BCUT2D eigenvalue weighted by Crippen LogP contribution is -2.04. The van der Waals surface area contributed by atoms with Crippen LogP contribution >= 0.6 is 23.5 Å². The zero-order valence-corrected chi connectivity index (χ0v) is 15.6. The van der Waals surface area contributed by atoms with Gasteiger partial charge < -0.3 is 0 Å². The molecule has 3 nitrogen and oxygen atoms in total. The quantitative estimate of drug-likeness (QED) is 0.427. The fourth-order valence-corrected chi connectivity index (χ4v) is 3.58. The highest BCUT2D eigenvalue weighted by atomic mass is 32.2. The van der Waals surface area contributed by atoms with Crippen molar-refractivity contribution in [2.24, 2.45) is 0 Å². The molecule has 124 valence electrons. The lowest BCUT2D eigenvalue weighted by molar-refractivity contribution is 0.610. The highest BCUT2D eigenvalue weighted by Crippen LogP contribution is 2.22. The highest BCUT2D eigenvalue weighted by Gasteiger charge is 2.10. The molecule has 2 rings (SSSR count). The average molecular weight is 348 g/mol. The third-order valence-corrected chi connectivity index (χ3v) is 5.17. The number of rotatable bonds is 10. The summed E-state index contributed by atoms with van der Waals surface area (Å²) in [6.45, 7) is 6.80. The number of aromatic nitrogens is 3. The van der Waals surface area contributed by atoms with Gasteiger partial charge >= 0.3 is 0 Å². The van der Waals surface area contributed by atoms with Crippen molar-refractivity contribution in [2.75, 3.05) is 12.0 Å². The van der Waals surface area contributed by atoms with Crippen molar-refractivity contribution in [1.29, 1.82) is 0 Å². The van der Waals surface area contributed by atoms with Gasteiger partial charge in [-0.1, -0.05) is 86.6 Å². The summed E-state index contributed by atoms with van der Waals surface area (Å²) in [5.74, 6) is 1.11. The molecule has 0 saturated heterocycles. The minimum absolute atomic E-state index is 0.766. The molecular formula is C18H25N3S2.